The number of rotatable bonds is 4. The van der Waals surface area contributed by atoms with Crippen LogP contribution >= 0.6 is 0 Å². The standard InChI is InChI=1S/C14H23N3O/c1-5-6-11-7-10(8-12(15)17-11)13(18)16-9-14(2,3)4/h7-8H,5-6,9H2,1-4H3,(H2,15,17)(H,16,18). The lowest BCUT2D eigenvalue weighted by molar-refractivity contribution is 0.0939. The first kappa shape index (κ1) is 14.5. The van der Waals surface area contributed by atoms with Gasteiger partial charge in [0, 0.05) is 17.8 Å². The molecule has 0 atom stereocenters. The number of nitrogens with one attached hydrogen (secondary N) is 1. The van der Waals surface area contributed by atoms with Gasteiger partial charge in [0.2, 0.25) is 0 Å². The molecule has 1 aromatic rings. The highest BCUT2D eigenvalue weighted by Crippen LogP contribution is 2.13. The highest BCUT2D eigenvalue weighted by atomic mass is 16.1. The van der Waals surface area contributed by atoms with Crippen LogP contribution in [0.3, 0.4) is 0 Å². The van der Waals surface area contributed by atoms with E-state index in [-0.39, 0.29) is 11.3 Å². The van der Waals surface area contributed by atoms with Crippen LogP contribution in [0.15, 0.2) is 12.1 Å². The number of hydrogen-bond donors (Lipinski definition) is 2. The largest absolute Gasteiger partial charge is 0.384 e. The molecular formula is C14H23N3O. The third-order valence-corrected chi connectivity index (χ3v) is 2.45. The van der Waals surface area contributed by atoms with Gasteiger partial charge in [-0.2, -0.15) is 0 Å². The van der Waals surface area contributed by atoms with Crippen LogP contribution in [-0.4, -0.2) is 17.4 Å². The van der Waals surface area contributed by atoms with Gasteiger partial charge >= 0.3 is 0 Å². The second-order valence-corrected chi connectivity index (χ2v) is 5.77. The Hall–Kier alpha value is -1.58. The number of carbonyl (C=O) groups excluding carboxylic acids is 1. The molecule has 0 saturated heterocycles. The SMILES string of the molecule is CCCc1cc(C(=O)NCC(C)(C)C)cc(N)n1. The van der Waals surface area contributed by atoms with Gasteiger partial charge in [-0.1, -0.05) is 34.1 Å². The van der Waals surface area contributed by atoms with Gasteiger partial charge in [0.25, 0.3) is 5.91 Å². The number of nitrogens with zero attached hydrogens (tertiary/aromatic N) is 1. The second kappa shape index (κ2) is 5.85. The normalized spacial score (nSPS) is 11.3. The Labute approximate surface area is 109 Å². The van der Waals surface area contributed by atoms with Crippen LogP contribution in [0.25, 0.3) is 0 Å². The Kier molecular flexibility index (Phi) is 4.70. The fourth-order valence-electron chi connectivity index (χ4n) is 1.57. The summed E-state index contributed by atoms with van der Waals surface area (Å²) in [6.45, 7) is 8.95. The van der Waals surface area contributed by atoms with Gasteiger partial charge in [0.1, 0.15) is 5.82 Å². The predicted octanol–water partition coefficient (Wildman–Crippen LogP) is 2.39. The van der Waals surface area contributed by atoms with E-state index < -0.39 is 0 Å². The molecular weight excluding hydrogens is 226 g/mol. The zero-order valence-corrected chi connectivity index (χ0v) is 11.7. The van der Waals surface area contributed by atoms with Gasteiger partial charge in [-0.15, -0.1) is 0 Å². The van der Waals surface area contributed by atoms with E-state index in [9.17, 15) is 4.79 Å². The van der Waals surface area contributed by atoms with Crippen LogP contribution in [0.2, 0.25) is 0 Å². The Balaban J connectivity index is 2.79. The van der Waals surface area contributed by atoms with Gasteiger partial charge in [-0.3, -0.25) is 4.79 Å². The lowest BCUT2D eigenvalue weighted by Gasteiger charge is -2.18. The minimum Gasteiger partial charge on any atom is -0.384 e. The van der Waals surface area contributed by atoms with Crippen LogP contribution in [0.5, 0.6) is 0 Å². The third-order valence-electron chi connectivity index (χ3n) is 2.45. The number of amides is 1. The number of pyridine rings is 1. The molecule has 100 valence electrons. The molecule has 0 saturated carbocycles. The molecule has 1 aromatic heterocycles. The lowest BCUT2D eigenvalue weighted by atomic mass is 9.97. The summed E-state index contributed by atoms with van der Waals surface area (Å²) in [6, 6.07) is 3.44. The van der Waals surface area contributed by atoms with Crippen molar-refractivity contribution in [1.29, 1.82) is 0 Å². The molecule has 0 unspecified atom stereocenters. The van der Waals surface area contributed by atoms with Gasteiger partial charge in [0.05, 0.1) is 0 Å². The zero-order valence-electron chi connectivity index (χ0n) is 11.7. The van der Waals surface area contributed by atoms with Crippen molar-refractivity contribution in [2.75, 3.05) is 12.3 Å². The molecule has 1 amide bonds. The third kappa shape index (κ3) is 4.73. The van der Waals surface area contributed by atoms with Crippen LogP contribution in [0.4, 0.5) is 5.82 Å². The van der Waals surface area contributed by atoms with Crippen LogP contribution in [-0.2, 0) is 6.42 Å². The van der Waals surface area contributed by atoms with E-state index in [4.69, 9.17) is 5.73 Å². The molecule has 4 nitrogen and oxygen atoms in total. The van der Waals surface area contributed by atoms with Gasteiger partial charge < -0.3 is 11.1 Å². The van der Waals surface area contributed by atoms with Crippen molar-refractivity contribution >= 4 is 11.7 Å². The van der Waals surface area contributed by atoms with Gasteiger partial charge in [-0.05, 0) is 24.0 Å². The molecule has 0 aliphatic carbocycles. The van der Waals surface area contributed by atoms with Gasteiger partial charge in [-0.25, -0.2) is 4.98 Å². The summed E-state index contributed by atoms with van der Waals surface area (Å²) >= 11 is 0. The summed E-state index contributed by atoms with van der Waals surface area (Å²) < 4.78 is 0. The van der Waals surface area contributed by atoms with E-state index in [1.54, 1.807) is 6.07 Å². The number of nitrogens with two attached hydrogens (primary N) is 1. The summed E-state index contributed by atoms with van der Waals surface area (Å²) in [6.07, 6.45) is 1.82. The summed E-state index contributed by atoms with van der Waals surface area (Å²) in [5.41, 5.74) is 7.25. The smallest absolute Gasteiger partial charge is 0.251 e. The molecule has 0 aliphatic rings. The minimum atomic E-state index is -0.0867. The molecule has 4 heteroatoms. The molecule has 0 bridgehead atoms. The number of hydrogen-bond acceptors (Lipinski definition) is 3. The summed E-state index contributed by atoms with van der Waals surface area (Å²) in [5, 5.41) is 2.91. The van der Waals surface area contributed by atoms with Crippen molar-refractivity contribution in [2.45, 2.75) is 40.5 Å². The number of aryl methyl sites for hydroxylation is 1. The topological polar surface area (TPSA) is 68.0 Å². The van der Waals surface area contributed by atoms with Crippen LogP contribution in [0.1, 0.15) is 50.2 Å². The fraction of sp³-hybridized carbons (Fsp3) is 0.571. The maximum atomic E-state index is 12.0. The molecule has 0 fully saturated rings. The summed E-state index contributed by atoms with van der Waals surface area (Å²) in [5.74, 6) is 0.318. The van der Waals surface area contributed by atoms with Crippen LogP contribution in [0, 0.1) is 5.41 Å². The first-order chi connectivity index (χ1) is 8.31. The monoisotopic (exact) mass is 249 g/mol. The Bertz CT molecular complexity index is 422. The van der Waals surface area contributed by atoms with Crippen molar-refractivity contribution in [1.82, 2.24) is 10.3 Å². The average molecular weight is 249 g/mol. The first-order valence-electron chi connectivity index (χ1n) is 6.36. The number of carbonyl (C=O) groups is 1. The predicted molar refractivity (Wildman–Crippen MR) is 74.4 cm³/mol. The molecule has 0 aliphatic heterocycles. The first-order valence-corrected chi connectivity index (χ1v) is 6.36. The molecule has 0 aromatic carbocycles. The van der Waals surface area contributed by atoms with E-state index in [0.29, 0.717) is 17.9 Å². The van der Waals surface area contributed by atoms with E-state index in [0.717, 1.165) is 18.5 Å². The minimum absolute atomic E-state index is 0.0699. The van der Waals surface area contributed by atoms with E-state index in [2.05, 4.69) is 38.0 Å². The number of aromatic nitrogens is 1. The van der Waals surface area contributed by atoms with Gasteiger partial charge in [0.15, 0.2) is 0 Å². The Morgan fingerprint density at radius 2 is 2.06 bits per heavy atom. The molecule has 1 heterocycles. The molecule has 3 N–H and O–H groups in total. The fourth-order valence-corrected chi connectivity index (χ4v) is 1.57. The van der Waals surface area contributed by atoms with Crippen LogP contribution < -0.4 is 11.1 Å². The molecule has 1 rings (SSSR count). The highest BCUT2D eigenvalue weighted by molar-refractivity contribution is 5.94. The Morgan fingerprint density at radius 3 is 2.61 bits per heavy atom. The number of anilines is 1. The maximum absolute atomic E-state index is 12.0. The van der Waals surface area contributed by atoms with Crippen molar-refractivity contribution in [2.24, 2.45) is 5.41 Å². The highest BCUT2D eigenvalue weighted by Gasteiger charge is 2.14. The van der Waals surface area contributed by atoms with Crippen molar-refractivity contribution in [3.05, 3.63) is 23.4 Å². The summed E-state index contributed by atoms with van der Waals surface area (Å²) in [4.78, 5) is 16.2. The molecule has 0 spiro atoms. The Morgan fingerprint density at radius 1 is 1.39 bits per heavy atom. The maximum Gasteiger partial charge on any atom is 0.251 e. The summed E-state index contributed by atoms with van der Waals surface area (Å²) in [7, 11) is 0. The molecule has 0 radical (unpaired) electrons. The van der Waals surface area contributed by atoms with E-state index >= 15 is 0 Å². The number of nitrogen functional groups attached to an aromatic ring is 1. The van der Waals surface area contributed by atoms with E-state index in [1.807, 2.05) is 6.07 Å². The van der Waals surface area contributed by atoms with Crippen molar-refractivity contribution < 1.29 is 4.79 Å². The van der Waals surface area contributed by atoms with E-state index in [1.165, 1.54) is 0 Å². The second-order valence-electron chi connectivity index (χ2n) is 5.77. The zero-order chi connectivity index (χ0) is 13.8. The van der Waals surface area contributed by atoms with Crippen molar-refractivity contribution in [3.63, 3.8) is 0 Å². The quantitative estimate of drug-likeness (QED) is 0.861. The lowest BCUT2D eigenvalue weighted by Crippen LogP contribution is -2.32. The average Bonchev–Trinajstić information content (AvgIpc) is 2.24. The molecule has 18 heavy (non-hydrogen) atoms. The van der Waals surface area contributed by atoms with Crippen molar-refractivity contribution in [3.8, 4) is 0 Å².